The molecular weight excluding hydrogens is 266 g/mol. The van der Waals surface area contributed by atoms with Crippen LogP contribution >= 0.6 is 0 Å². The molecule has 1 aromatic rings. The Labute approximate surface area is 126 Å². The van der Waals surface area contributed by atoms with Crippen molar-refractivity contribution in [3.63, 3.8) is 0 Å². The first-order valence-corrected chi connectivity index (χ1v) is 7.76. The number of rotatable bonds is 6. The summed E-state index contributed by atoms with van der Waals surface area (Å²) in [7, 11) is 1.92. The van der Waals surface area contributed by atoms with Gasteiger partial charge in [-0.05, 0) is 38.9 Å². The van der Waals surface area contributed by atoms with Crippen LogP contribution in [0.25, 0.3) is 0 Å². The summed E-state index contributed by atoms with van der Waals surface area (Å²) in [6.07, 6.45) is 3.66. The number of likely N-dealkylation sites (N-methyl/N-ethyl adjacent to an activating group) is 1. The van der Waals surface area contributed by atoms with E-state index in [1.54, 1.807) is 6.07 Å². The van der Waals surface area contributed by atoms with Crippen molar-refractivity contribution in [1.82, 2.24) is 4.90 Å². The van der Waals surface area contributed by atoms with Crippen LogP contribution in [0.3, 0.4) is 0 Å². The number of hydrogen-bond acceptors (Lipinski definition) is 4. The maximum absolute atomic E-state index is 12.5. The van der Waals surface area contributed by atoms with Gasteiger partial charge in [0.15, 0.2) is 5.78 Å². The van der Waals surface area contributed by atoms with Crippen LogP contribution < -0.4 is 4.74 Å². The summed E-state index contributed by atoms with van der Waals surface area (Å²) in [6, 6.07) is 7.44. The molecule has 2 atom stereocenters. The lowest BCUT2D eigenvalue weighted by molar-refractivity contribution is 0.0321. The molecule has 0 aliphatic heterocycles. The number of nitrogens with zero attached hydrogens (tertiary/aromatic N) is 1. The van der Waals surface area contributed by atoms with Crippen LogP contribution in [0.2, 0.25) is 0 Å². The Morgan fingerprint density at radius 2 is 2.05 bits per heavy atom. The topological polar surface area (TPSA) is 49.8 Å². The number of aliphatic hydroxyl groups excluding tert-OH is 1. The van der Waals surface area contributed by atoms with Gasteiger partial charge >= 0.3 is 0 Å². The number of ether oxygens (including phenoxy) is 1. The molecule has 0 heterocycles. The fourth-order valence-corrected chi connectivity index (χ4v) is 3.01. The van der Waals surface area contributed by atoms with Crippen LogP contribution in [0.5, 0.6) is 5.75 Å². The van der Waals surface area contributed by atoms with Crippen LogP contribution in [0, 0.1) is 0 Å². The molecule has 1 aliphatic rings. The Hall–Kier alpha value is -1.39. The summed E-state index contributed by atoms with van der Waals surface area (Å²) < 4.78 is 5.52. The van der Waals surface area contributed by atoms with Gasteiger partial charge in [0.05, 0.1) is 24.8 Å². The lowest BCUT2D eigenvalue weighted by atomic mass is 9.91. The minimum atomic E-state index is -0.321. The van der Waals surface area contributed by atoms with Crippen molar-refractivity contribution in [2.45, 2.75) is 44.8 Å². The fourth-order valence-electron chi connectivity index (χ4n) is 3.01. The largest absolute Gasteiger partial charge is 0.493 e. The third-order valence-electron chi connectivity index (χ3n) is 4.14. The normalized spacial score (nSPS) is 22.3. The molecule has 1 saturated carbocycles. The minimum absolute atomic E-state index is 0.0410. The number of carbonyl (C=O) groups is 1. The highest BCUT2D eigenvalue weighted by atomic mass is 16.5. The molecule has 2 unspecified atom stereocenters. The molecule has 0 spiro atoms. The zero-order valence-corrected chi connectivity index (χ0v) is 12.9. The van der Waals surface area contributed by atoms with Gasteiger partial charge in [-0.2, -0.15) is 0 Å². The molecule has 1 aliphatic carbocycles. The van der Waals surface area contributed by atoms with Crippen molar-refractivity contribution in [1.29, 1.82) is 0 Å². The van der Waals surface area contributed by atoms with Gasteiger partial charge in [0.2, 0.25) is 0 Å². The molecule has 0 aromatic heterocycles. The van der Waals surface area contributed by atoms with E-state index in [1.807, 2.05) is 37.1 Å². The van der Waals surface area contributed by atoms with Gasteiger partial charge in [-0.1, -0.05) is 25.0 Å². The Morgan fingerprint density at radius 1 is 1.33 bits per heavy atom. The highest BCUT2D eigenvalue weighted by Gasteiger charge is 2.28. The second kappa shape index (κ2) is 7.57. The van der Waals surface area contributed by atoms with E-state index < -0.39 is 0 Å². The zero-order valence-electron chi connectivity index (χ0n) is 12.9. The standard InChI is InChI=1S/C17H25NO3/c1-3-21-17-11-7-4-8-13(17)16(20)12-18(2)14-9-5-6-10-15(14)19/h4,7-8,11,14-15,19H,3,5-6,9-10,12H2,1-2H3. The van der Waals surface area contributed by atoms with Crippen LogP contribution in [-0.4, -0.2) is 48.1 Å². The molecule has 0 radical (unpaired) electrons. The average molecular weight is 291 g/mol. The first kappa shape index (κ1) is 16.0. The number of benzene rings is 1. The zero-order chi connectivity index (χ0) is 15.2. The molecule has 0 bridgehead atoms. The maximum Gasteiger partial charge on any atom is 0.180 e. The maximum atomic E-state index is 12.5. The van der Waals surface area contributed by atoms with E-state index in [1.165, 1.54) is 0 Å². The van der Waals surface area contributed by atoms with Crippen molar-refractivity contribution < 1.29 is 14.6 Å². The summed E-state index contributed by atoms with van der Waals surface area (Å²) >= 11 is 0. The lowest BCUT2D eigenvalue weighted by Gasteiger charge is -2.34. The lowest BCUT2D eigenvalue weighted by Crippen LogP contribution is -2.45. The average Bonchev–Trinajstić information content (AvgIpc) is 2.48. The van der Waals surface area contributed by atoms with Gasteiger partial charge in [-0.25, -0.2) is 0 Å². The number of carbonyl (C=O) groups excluding carboxylic acids is 1. The fraction of sp³-hybridized carbons (Fsp3) is 0.588. The summed E-state index contributed by atoms with van der Waals surface area (Å²) in [4.78, 5) is 14.5. The molecule has 116 valence electrons. The predicted molar refractivity (Wildman–Crippen MR) is 82.8 cm³/mol. The van der Waals surface area contributed by atoms with Crippen LogP contribution in [0.15, 0.2) is 24.3 Å². The molecule has 2 rings (SSSR count). The third-order valence-corrected chi connectivity index (χ3v) is 4.14. The number of hydrogen-bond donors (Lipinski definition) is 1. The van der Waals surface area contributed by atoms with E-state index >= 15 is 0 Å². The molecule has 4 heteroatoms. The second-order valence-electron chi connectivity index (χ2n) is 5.69. The van der Waals surface area contributed by atoms with Crippen molar-refractivity contribution in [2.75, 3.05) is 20.2 Å². The smallest absolute Gasteiger partial charge is 0.180 e. The van der Waals surface area contributed by atoms with E-state index in [-0.39, 0.29) is 17.9 Å². The van der Waals surface area contributed by atoms with Gasteiger partial charge in [0.25, 0.3) is 0 Å². The Morgan fingerprint density at radius 3 is 2.76 bits per heavy atom. The summed E-state index contributed by atoms with van der Waals surface area (Å²) in [5.41, 5.74) is 0.622. The Balaban J connectivity index is 2.03. The van der Waals surface area contributed by atoms with Gasteiger partial charge in [0, 0.05) is 6.04 Å². The van der Waals surface area contributed by atoms with Crippen molar-refractivity contribution in [2.24, 2.45) is 0 Å². The number of Topliss-reactive ketones (excluding diaryl/α,β-unsaturated/α-hetero) is 1. The molecule has 0 amide bonds. The first-order valence-electron chi connectivity index (χ1n) is 7.76. The van der Waals surface area contributed by atoms with Crippen LogP contribution in [-0.2, 0) is 0 Å². The van der Waals surface area contributed by atoms with Crippen molar-refractivity contribution in [3.8, 4) is 5.75 Å². The van der Waals surface area contributed by atoms with Gasteiger partial charge in [0.1, 0.15) is 5.75 Å². The highest BCUT2D eigenvalue weighted by molar-refractivity contribution is 6.00. The van der Waals surface area contributed by atoms with Crippen molar-refractivity contribution >= 4 is 5.78 Å². The monoisotopic (exact) mass is 291 g/mol. The third kappa shape index (κ3) is 4.05. The molecule has 1 aromatic carbocycles. The summed E-state index contributed by atoms with van der Waals surface area (Å²) in [6.45, 7) is 2.76. The van der Waals surface area contributed by atoms with E-state index in [0.717, 1.165) is 25.7 Å². The quantitative estimate of drug-likeness (QED) is 0.818. The van der Waals surface area contributed by atoms with Gasteiger partial charge in [-0.15, -0.1) is 0 Å². The molecular formula is C17H25NO3. The van der Waals surface area contributed by atoms with Crippen LogP contribution in [0.4, 0.5) is 0 Å². The number of para-hydroxylation sites is 1. The van der Waals surface area contributed by atoms with E-state index in [2.05, 4.69) is 0 Å². The summed E-state index contributed by atoms with van der Waals surface area (Å²) in [5, 5.41) is 10.1. The van der Waals surface area contributed by atoms with E-state index in [9.17, 15) is 9.90 Å². The van der Waals surface area contributed by atoms with E-state index in [4.69, 9.17) is 4.74 Å². The predicted octanol–water partition coefficient (Wildman–Crippen LogP) is 2.50. The van der Waals surface area contributed by atoms with Crippen LogP contribution in [0.1, 0.15) is 43.0 Å². The highest BCUT2D eigenvalue weighted by Crippen LogP contribution is 2.24. The van der Waals surface area contributed by atoms with E-state index in [0.29, 0.717) is 24.5 Å². The Kier molecular flexibility index (Phi) is 5.76. The first-order chi connectivity index (χ1) is 10.1. The summed E-state index contributed by atoms with van der Waals surface area (Å²) in [5.74, 6) is 0.682. The minimum Gasteiger partial charge on any atom is -0.493 e. The molecule has 0 saturated heterocycles. The number of ketones is 1. The molecule has 1 N–H and O–H groups in total. The molecule has 4 nitrogen and oxygen atoms in total. The van der Waals surface area contributed by atoms with Gasteiger partial charge in [-0.3, -0.25) is 9.69 Å². The van der Waals surface area contributed by atoms with Gasteiger partial charge < -0.3 is 9.84 Å². The molecule has 21 heavy (non-hydrogen) atoms. The second-order valence-corrected chi connectivity index (χ2v) is 5.69. The molecule has 1 fully saturated rings. The van der Waals surface area contributed by atoms with Crippen molar-refractivity contribution in [3.05, 3.63) is 29.8 Å². The Bertz CT molecular complexity index is 475. The SMILES string of the molecule is CCOc1ccccc1C(=O)CN(C)C1CCCCC1O. The number of aliphatic hydroxyl groups is 1.